The van der Waals surface area contributed by atoms with E-state index in [9.17, 15) is 5.11 Å². The van der Waals surface area contributed by atoms with Crippen molar-refractivity contribution >= 4 is 21.6 Å². The molecule has 0 amide bonds. The van der Waals surface area contributed by atoms with Gasteiger partial charge >= 0.3 is 0 Å². The SMILES string of the molecule is CC1(C)CCCC(CO)(Nc2cccc(Br)c2)C1. The predicted octanol–water partition coefficient (Wildman–Crippen LogP) is 4.19. The van der Waals surface area contributed by atoms with Crippen LogP contribution in [0.4, 0.5) is 5.69 Å². The molecule has 2 N–H and O–H groups in total. The number of benzene rings is 1. The standard InChI is InChI=1S/C15H22BrNO/c1-14(2)7-4-8-15(10-14,11-18)17-13-6-3-5-12(16)9-13/h3,5-6,9,17-18H,4,7-8,10-11H2,1-2H3. The van der Waals surface area contributed by atoms with Crippen molar-refractivity contribution in [3.8, 4) is 0 Å². The lowest BCUT2D eigenvalue weighted by atomic mass is 9.68. The maximum absolute atomic E-state index is 9.83. The van der Waals surface area contributed by atoms with E-state index in [2.05, 4.69) is 47.2 Å². The highest BCUT2D eigenvalue weighted by Gasteiger charge is 2.39. The van der Waals surface area contributed by atoms with Crippen molar-refractivity contribution in [3.05, 3.63) is 28.7 Å². The van der Waals surface area contributed by atoms with Gasteiger partial charge < -0.3 is 10.4 Å². The summed E-state index contributed by atoms with van der Waals surface area (Å²) in [6.45, 7) is 4.78. The molecule has 1 aromatic rings. The third kappa shape index (κ3) is 3.27. The van der Waals surface area contributed by atoms with Crippen molar-refractivity contribution in [2.75, 3.05) is 11.9 Å². The van der Waals surface area contributed by atoms with Crippen LogP contribution in [0.2, 0.25) is 0 Å². The van der Waals surface area contributed by atoms with Gasteiger partial charge in [0.15, 0.2) is 0 Å². The second kappa shape index (κ2) is 5.22. The maximum atomic E-state index is 9.83. The van der Waals surface area contributed by atoms with Gasteiger partial charge in [0.25, 0.3) is 0 Å². The van der Waals surface area contributed by atoms with Gasteiger partial charge in [0, 0.05) is 10.2 Å². The van der Waals surface area contributed by atoms with Gasteiger partial charge in [0.05, 0.1) is 12.1 Å². The first-order chi connectivity index (χ1) is 8.45. The van der Waals surface area contributed by atoms with Gasteiger partial charge in [-0.2, -0.15) is 0 Å². The summed E-state index contributed by atoms with van der Waals surface area (Å²) in [5.74, 6) is 0. The quantitative estimate of drug-likeness (QED) is 0.877. The van der Waals surface area contributed by atoms with E-state index in [4.69, 9.17) is 0 Å². The average molecular weight is 312 g/mol. The maximum Gasteiger partial charge on any atom is 0.0661 e. The molecule has 0 aromatic heterocycles. The van der Waals surface area contributed by atoms with Gasteiger partial charge in [-0.1, -0.05) is 42.3 Å². The molecule has 0 radical (unpaired) electrons. The van der Waals surface area contributed by atoms with Crippen LogP contribution in [-0.2, 0) is 0 Å². The molecule has 3 heteroatoms. The van der Waals surface area contributed by atoms with Crippen LogP contribution in [0.3, 0.4) is 0 Å². The molecule has 1 atom stereocenters. The minimum atomic E-state index is -0.164. The van der Waals surface area contributed by atoms with Crippen LogP contribution in [0.1, 0.15) is 39.5 Å². The lowest BCUT2D eigenvalue weighted by Crippen LogP contribution is -2.48. The van der Waals surface area contributed by atoms with Gasteiger partial charge in [-0.3, -0.25) is 0 Å². The van der Waals surface area contributed by atoms with Crippen LogP contribution in [-0.4, -0.2) is 17.3 Å². The minimum absolute atomic E-state index is 0.164. The van der Waals surface area contributed by atoms with Crippen LogP contribution in [0.5, 0.6) is 0 Å². The topological polar surface area (TPSA) is 32.3 Å². The number of anilines is 1. The van der Waals surface area contributed by atoms with Crippen molar-refractivity contribution in [2.45, 2.75) is 45.1 Å². The van der Waals surface area contributed by atoms with E-state index in [1.165, 1.54) is 12.8 Å². The summed E-state index contributed by atoms with van der Waals surface area (Å²) in [5.41, 5.74) is 1.22. The lowest BCUT2D eigenvalue weighted by molar-refractivity contribution is 0.105. The monoisotopic (exact) mass is 311 g/mol. The summed E-state index contributed by atoms with van der Waals surface area (Å²) in [6, 6.07) is 8.16. The molecule has 100 valence electrons. The first kappa shape index (κ1) is 13.9. The third-order valence-corrected chi connectivity index (χ3v) is 4.36. The Bertz CT molecular complexity index is 419. The molecule has 0 heterocycles. The van der Waals surface area contributed by atoms with Crippen LogP contribution in [0, 0.1) is 5.41 Å². The van der Waals surface area contributed by atoms with E-state index in [-0.39, 0.29) is 12.1 Å². The van der Waals surface area contributed by atoms with Crippen molar-refractivity contribution in [1.82, 2.24) is 0 Å². The first-order valence-electron chi connectivity index (χ1n) is 6.59. The number of hydrogen-bond acceptors (Lipinski definition) is 2. The van der Waals surface area contributed by atoms with E-state index in [0.29, 0.717) is 5.41 Å². The molecule has 1 aliphatic carbocycles. The number of aliphatic hydroxyl groups is 1. The van der Waals surface area contributed by atoms with E-state index in [1.807, 2.05) is 12.1 Å². The molecule has 0 saturated heterocycles. The fraction of sp³-hybridized carbons (Fsp3) is 0.600. The van der Waals surface area contributed by atoms with E-state index >= 15 is 0 Å². The molecule has 0 bridgehead atoms. The molecule has 2 nitrogen and oxygen atoms in total. The molecule has 1 aliphatic rings. The second-order valence-electron chi connectivity index (χ2n) is 6.27. The van der Waals surface area contributed by atoms with E-state index in [0.717, 1.165) is 23.0 Å². The Kier molecular flexibility index (Phi) is 4.02. The summed E-state index contributed by atoms with van der Waals surface area (Å²) < 4.78 is 1.07. The van der Waals surface area contributed by atoms with Crippen LogP contribution in [0.15, 0.2) is 28.7 Å². The second-order valence-corrected chi connectivity index (χ2v) is 7.18. The smallest absolute Gasteiger partial charge is 0.0661 e. The average Bonchev–Trinajstić information content (AvgIpc) is 2.27. The van der Waals surface area contributed by atoms with Gasteiger partial charge in [-0.25, -0.2) is 0 Å². The molecule has 2 rings (SSSR count). The van der Waals surface area contributed by atoms with Gasteiger partial charge in [0.1, 0.15) is 0 Å². The van der Waals surface area contributed by atoms with E-state index < -0.39 is 0 Å². The zero-order valence-corrected chi connectivity index (χ0v) is 12.8. The Morgan fingerprint density at radius 3 is 2.72 bits per heavy atom. The number of halogens is 1. The Labute approximate surface area is 118 Å². The summed E-state index contributed by atoms with van der Waals surface area (Å²) in [4.78, 5) is 0. The molecule has 1 fully saturated rings. The van der Waals surface area contributed by atoms with Crippen molar-refractivity contribution < 1.29 is 5.11 Å². The summed E-state index contributed by atoms with van der Waals surface area (Å²) >= 11 is 3.49. The molecular formula is C15H22BrNO. The van der Waals surface area contributed by atoms with Gasteiger partial charge in [0.2, 0.25) is 0 Å². The van der Waals surface area contributed by atoms with Crippen LogP contribution >= 0.6 is 15.9 Å². The molecule has 18 heavy (non-hydrogen) atoms. The van der Waals surface area contributed by atoms with Crippen molar-refractivity contribution in [1.29, 1.82) is 0 Å². The minimum Gasteiger partial charge on any atom is -0.394 e. The molecule has 1 aromatic carbocycles. The normalized spacial score (nSPS) is 26.9. The molecule has 1 unspecified atom stereocenters. The number of hydrogen-bond donors (Lipinski definition) is 2. The highest BCUT2D eigenvalue weighted by Crippen LogP contribution is 2.42. The highest BCUT2D eigenvalue weighted by molar-refractivity contribution is 9.10. The first-order valence-corrected chi connectivity index (χ1v) is 7.39. The number of rotatable bonds is 3. The zero-order chi connectivity index (χ0) is 13.2. The van der Waals surface area contributed by atoms with Gasteiger partial charge in [-0.05, 0) is 42.9 Å². The lowest BCUT2D eigenvalue weighted by Gasteiger charge is -2.45. The van der Waals surface area contributed by atoms with Crippen LogP contribution < -0.4 is 5.32 Å². The fourth-order valence-electron chi connectivity index (χ4n) is 3.15. The Hall–Kier alpha value is -0.540. The van der Waals surface area contributed by atoms with E-state index in [1.54, 1.807) is 0 Å². The summed E-state index contributed by atoms with van der Waals surface area (Å²) in [7, 11) is 0. The van der Waals surface area contributed by atoms with Gasteiger partial charge in [-0.15, -0.1) is 0 Å². The Balaban J connectivity index is 2.18. The summed E-state index contributed by atoms with van der Waals surface area (Å²) in [5, 5.41) is 13.4. The molecular weight excluding hydrogens is 290 g/mol. The largest absolute Gasteiger partial charge is 0.394 e. The number of aliphatic hydroxyl groups excluding tert-OH is 1. The predicted molar refractivity (Wildman–Crippen MR) is 79.8 cm³/mol. The fourth-order valence-corrected chi connectivity index (χ4v) is 3.55. The third-order valence-electron chi connectivity index (χ3n) is 3.86. The molecule has 0 spiro atoms. The highest BCUT2D eigenvalue weighted by atomic mass is 79.9. The Morgan fingerprint density at radius 1 is 1.33 bits per heavy atom. The van der Waals surface area contributed by atoms with Crippen molar-refractivity contribution in [2.24, 2.45) is 5.41 Å². The zero-order valence-electron chi connectivity index (χ0n) is 11.2. The summed E-state index contributed by atoms with van der Waals surface area (Å²) in [6.07, 6.45) is 4.48. The number of nitrogens with one attached hydrogen (secondary N) is 1. The Morgan fingerprint density at radius 2 is 2.11 bits per heavy atom. The molecule has 1 saturated carbocycles. The van der Waals surface area contributed by atoms with Crippen molar-refractivity contribution in [3.63, 3.8) is 0 Å². The van der Waals surface area contributed by atoms with Crippen LogP contribution in [0.25, 0.3) is 0 Å². The molecule has 0 aliphatic heterocycles.